The fraction of sp³-hybridized carbons (Fsp3) is 0.348. The molecule has 4 aromatic heterocycles. The number of hydrogen-bond acceptors (Lipinski definition) is 10. The summed E-state index contributed by atoms with van der Waals surface area (Å²) < 4.78 is 204. The summed E-state index contributed by atoms with van der Waals surface area (Å²) in [6, 6.07) is 9.44. The van der Waals surface area contributed by atoms with Gasteiger partial charge in [0, 0.05) is 47.6 Å². The Hall–Kier alpha value is -6.79. The van der Waals surface area contributed by atoms with Gasteiger partial charge in [-0.25, -0.2) is 35.4 Å². The van der Waals surface area contributed by atoms with Gasteiger partial charge in [0.05, 0.1) is 33.9 Å². The number of amides is 2. The van der Waals surface area contributed by atoms with Crippen molar-refractivity contribution in [1.82, 2.24) is 29.9 Å². The number of aromatic nitrogens is 6. The molecule has 2 atom stereocenters. The van der Waals surface area contributed by atoms with Crippen molar-refractivity contribution in [3.05, 3.63) is 124 Å². The topological polar surface area (TPSA) is 179 Å². The van der Waals surface area contributed by atoms with E-state index in [9.17, 15) is 61.5 Å². The highest BCUT2D eigenvalue weighted by Gasteiger charge is 2.53. The number of halogens is 11. The van der Waals surface area contributed by atoms with Gasteiger partial charge in [-0.05, 0) is 68.0 Å². The standard InChI is InChI=1S/C46H39ClF10N8O7S2/c1-25-21-44(50,51)40-35(25)39(46(55,56)57)60-63(40)22-34(66)59-33(19-26-17-27(48)20-28(49)18-26)37-30(10-9-29(58-37)13-14-43(2,3)73(4,68)69)31-11-12-32(47)36-38(31)64(23-45(52,53)54)61-41(36)65(74(5,70)71)42(67)72-24-62-15-7-6-8-16-62/h6-12,15-18,20,25,33H,19,21-24H2,1-5H3/p+1/t25-,33-/m0/s1. The smallest absolute Gasteiger partial charge is 0.387 e. The van der Waals surface area contributed by atoms with Crippen molar-refractivity contribution in [2.75, 3.05) is 16.8 Å². The number of sulfone groups is 1. The number of benzene rings is 2. The lowest BCUT2D eigenvalue weighted by atomic mass is 9.93. The highest BCUT2D eigenvalue weighted by molar-refractivity contribution is 7.93. The fourth-order valence-electron chi connectivity index (χ4n) is 8.13. The molecule has 0 bridgehead atoms. The van der Waals surface area contributed by atoms with Crippen molar-refractivity contribution < 1.29 is 79.6 Å². The van der Waals surface area contributed by atoms with Crippen LogP contribution in [-0.4, -0.2) is 76.8 Å². The van der Waals surface area contributed by atoms with Gasteiger partial charge in [-0.1, -0.05) is 36.6 Å². The van der Waals surface area contributed by atoms with E-state index in [0.29, 0.717) is 12.3 Å². The van der Waals surface area contributed by atoms with Gasteiger partial charge < -0.3 is 10.1 Å². The number of anilines is 1. The maximum atomic E-state index is 15.4. The predicted octanol–water partition coefficient (Wildman–Crippen LogP) is 8.53. The molecule has 4 heterocycles. The van der Waals surface area contributed by atoms with Crippen molar-refractivity contribution >= 4 is 60.2 Å². The van der Waals surface area contributed by atoms with Crippen molar-refractivity contribution in [1.29, 1.82) is 0 Å². The molecule has 28 heteroatoms. The molecule has 0 spiro atoms. The van der Waals surface area contributed by atoms with Crippen LogP contribution in [-0.2, 0) is 67.7 Å². The summed E-state index contributed by atoms with van der Waals surface area (Å²) >= 11 is 6.65. The van der Waals surface area contributed by atoms with E-state index in [4.69, 9.17) is 16.3 Å². The molecule has 0 unspecified atom stereocenters. The first-order valence-electron chi connectivity index (χ1n) is 21.6. The van der Waals surface area contributed by atoms with Gasteiger partial charge in [0.2, 0.25) is 15.9 Å². The summed E-state index contributed by atoms with van der Waals surface area (Å²) in [5.74, 6) is -4.81. The van der Waals surface area contributed by atoms with E-state index in [-0.39, 0.29) is 36.1 Å². The number of ether oxygens (including phenoxy) is 1. The van der Waals surface area contributed by atoms with E-state index in [2.05, 4.69) is 32.3 Å². The van der Waals surface area contributed by atoms with Crippen LogP contribution in [0.15, 0.2) is 73.1 Å². The van der Waals surface area contributed by atoms with Crippen molar-refractivity contribution in [2.24, 2.45) is 0 Å². The van der Waals surface area contributed by atoms with Crippen LogP contribution >= 0.6 is 11.6 Å². The quantitative estimate of drug-likeness (QED) is 0.0670. The SMILES string of the molecule is C[C@H]1CC(F)(F)c2c1c(C(F)(F)F)nn2CC(=O)N[C@@H](Cc1cc(F)cc(F)c1)c1nc(C#CC(C)(C)S(C)(=O)=O)ccc1-c1ccc(Cl)c2c(N(C(=O)OC[n+]3ccccc3)S(C)(=O)=O)nn(CC(F)(F)F)c12. The summed E-state index contributed by atoms with van der Waals surface area (Å²) in [4.78, 5) is 32.4. The zero-order valence-corrected chi connectivity index (χ0v) is 41.5. The molecule has 7 rings (SSSR count). The molecular formula is C46H40ClF10N8O7S2+. The average molecular weight is 1110 g/mol. The number of fused-ring (bicyclic) bond motifs is 2. The van der Waals surface area contributed by atoms with E-state index in [1.165, 1.54) is 30.8 Å². The van der Waals surface area contributed by atoms with E-state index in [0.717, 1.165) is 49.6 Å². The van der Waals surface area contributed by atoms with Crippen LogP contribution < -0.4 is 14.2 Å². The van der Waals surface area contributed by atoms with Crippen LogP contribution in [0, 0.1) is 23.5 Å². The Morgan fingerprint density at radius 2 is 1.58 bits per heavy atom. The maximum Gasteiger partial charge on any atom is 0.435 e. The third kappa shape index (κ3) is 11.8. The summed E-state index contributed by atoms with van der Waals surface area (Å²) in [5.41, 5.74) is -6.10. The van der Waals surface area contributed by atoms with Crippen LogP contribution in [0.5, 0.6) is 0 Å². The van der Waals surface area contributed by atoms with E-state index in [1.807, 2.05) is 0 Å². The van der Waals surface area contributed by atoms with Crippen LogP contribution in [0.3, 0.4) is 0 Å². The molecule has 0 radical (unpaired) electrons. The molecule has 1 N–H and O–H groups in total. The highest BCUT2D eigenvalue weighted by atomic mass is 35.5. The minimum Gasteiger partial charge on any atom is -0.387 e. The van der Waals surface area contributed by atoms with Gasteiger partial charge in [0.15, 0.2) is 33.7 Å². The third-order valence-corrected chi connectivity index (χ3v) is 14.8. The van der Waals surface area contributed by atoms with Gasteiger partial charge in [-0.2, -0.15) is 54.2 Å². The number of pyridine rings is 2. The second-order valence-corrected chi connectivity index (χ2v) is 22.5. The minimum absolute atomic E-state index is 0.0369. The summed E-state index contributed by atoms with van der Waals surface area (Å²) in [6.45, 7) is -0.329. The van der Waals surface area contributed by atoms with E-state index in [1.54, 1.807) is 18.2 Å². The molecule has 15 nitrogen and oxygen atoms in total. The number of carbonyl (C=O) groups excluding carboxylic acids is 2. The number of nitrogens with zero attached hydrogens (tertiary/aromatic N) is 7. The largest absolute Gasteiger partial charge is 0.435 e. The molecule has 0 saturated carbocycles. The first-order chi connectivity index (χ1) is 34.1. The van der Waals surface area contributed by atoms with Gasteiger partial charge in [-0.3, -0.25) is 14.2 Å². The van der Waals surface area contributed by atoms with Crippen molar-refractivity contribution in [3.8, 4) is 23.0 Å². The maximum absolute atomic E-state index is 15.4. The van der Waals surface area contributed by atoms with Crippen molar-refractivity contribution in [3.63, 3.8) is 0 Å². The Balaban J connectivity index is 1.48. The monoisotopic (exact) mass is 1110 g/mol. The average Bonchev–Trinajstić information content (AvgIpc) is 3.90. The zero-order valence-electron chi connectivity index (χ0n) is 39.1. The lowest BCUT2D eigenvalue weighted by Crippen LogP contribution is -2.42. The lowest BCUT2D eigenvalue weighted by molar-refractivity contribution is -0.727. The Bertz CT molecular complexity index is 3480. The lowest BCUT2D eigenvalue weighted by Gasteiger charge is -2.23. The van der Waals surface area contributed by atoms with Gasteiger partial charge in [0.1, 0.15) is 40.9 Å². The van der Waals surface area contributed by atoms with Gasteiger partial charge in [0.25, 0.3) is 12.7 Å². The Labute approximate surface area is 420 Å². The van der Waals surface area contributed by atoms with E-state index < -0.39 is 156 Å². The fourth-order valence-corrected chi connectivity index (χ4v) is 9.37. The van der Waals surface area contributed by atoms with Crippen LogP contribution in [0.25, 0.3) is 22.0 Å². The molecule has 0 aliphatic heterocycles. The Kier molecular flexibility index (Phi) is 14.7. The summed E-state index contributed by atoms with van der Waals surface area (Å²) in [7, 11) is -8.77. The number of sulfonamides is 1. The normalized spacial score (nSPS) is 15.3. The second kappa shape index (κ2) is 19.8. The number of nitrogens with one attached hydrogen (secondary N) is 1. The number of alkyl halides is 8. The molecule has 6 aromatic rings. The first kappa shape index (κ1) is 55.0. The molecule has 1 aliphatic rings. The molecule has 2 aromatic carbocycles. The summed E-state index contributed by atoms with van der Waals surface area (Å²) in [6.07, 6.45) is -9.54. The predicted molar refractivity (Wildman–Crippen MR) is 245 cm³/mol. The number of carbonyl (C=O) groups is 2. The first-order valence-corrected chi connectivity index (χ1v) is 25.7. The van der Waals surface area contributed by atoms with Crippen molar-refractivity contribution in [2.45, 2.75) is 88.4 Å². The minimum atomic E-state index is -5.25. The summed E-state index contributed by atoms with van der Waals surface area (Å²) in [5, 5.41) is 8.61. The van der Waals surface area contributed by atoms with Crippen LogP contribution in [0.1, 0.15) is 73.1 Å². The molecule has 0 fully saturated rings. The third-order valence-electron chi connectivity index (χ3n) is 11.6. The van der Waals surface area contributed by atoms with Crippen LogP contribution in [0.4, 0.5) is 54.5 Å². The molecule has 394 valence electrons. The molecule has 2 amide bonds. The Morgan fingerprint density at radius 1 is 0.946 bits per heavy atom. The molecule has 74 heavy (non-hydrogen) atoms. The van der Waals surface area contributed by atoms with Crippen LogP contribution in [0.2, 0.25) is 5.02 Å². The van der Waals surface area contributed by atoms with Gasteiger partial charge in [-0.15, -0.1) is 0 Å². The molecule has 0 saturated heterocycles. The molecule has 1 aliphatic carbocycles. The zero-order chi connectivity index (χ0) is 54.7. The Morgan fingerprint density at radius 3 is 2.18 bits per heavy atom. The highest BCUT2D eigenvalue weighted by Crippen LogP contribution is 2.52. The molecular weight excluding hydrogens is 1070 g/mol. The van der Waals surface area contributed by atoms with E-state index >= 15 is 8.78 Å². The number of hydrogen-bond donors (Lipinski definition) is 1. The second-order valence-electron chi connectivity index (χ2n) is 17.7. The van der Waals surface area contributed by atoms with Gasteiger partial charge >= 0.3 is 18.4 Å². The number of rotatable bonds is 13.